The number of amides is 1. The van der Waals surface area contributed by atoms with E-state index in [1.54, 1.807) is 17.0 Å². The molecule has 3 heterocycles. The number of aromatic nitrogens is 1. The van der Waals surface area contributed by atoms with Gasteiger partial charge in [0.05, 0.1) is 11.3 Å². The summed E-state index contributed by atoms with van der Waals surface area (Å²) in [6, 6.07) is 5.83. The molecular formula is C20H24N4O5S2. The molecule has 9 nitrogen and oxygen atoms in total. The molecule has 2 fully saturated rings. The van der Waals surface area contributed by atoms with E-state index in [-0.39, 0.29) is 27.7 Å². The largest absolute Gasteiger partial charge is 0.478 e. The van der Waals surface area contributed by atoms with Gasteiger partial charge in [-0.05, 0) is 37.1 Å². The van der Waals surface area contributed by atoms with E-state index in [4.69, 9.17) is 0 Å². The van der Waals surface area contributed by atoms with Crippen molar-refractivity contribution in [2.24, 2.45) is 0 Å². The number of benzene rings is 1. The predicted molar refractivity (Wildman–Crippen MR) is 120 cm³/mol. The number of sulfonamides is 1. The van der Waals surface area contributed by atoms with E-state index in [1.807, 2.05) is 16.7 Å². The van der Waals surface area contributed by atoms with Gasteiger partial charge < -0.3 is 19.9 Å². The van der Waals surface area contributed by atoms with Crippen LogP contribution in [0.25, 0.3) is 0 Å². The maximum Gasteiger partial charge on any atom is 0.337 e. The van der Waals surface area contributed by atoms with Crippen LogP contribution >= 0.6 is 11.8 Å². The molecule has 2 aliphatic rings. The number of aromatic amines is 1. The van der Waals surface area contributed by atoms with Crippen molar-refractivity contribution in [1.29, 1.82) is 0 Å². The Morgan fingerprint density at radius 2 is 1.77 bits per heavy atom. The Morgan fingerprint density at radius 3 is 2.45 bits per heavy atom. The quantitative estimate of drug-likeness (QED) is 0.599. The van der Waals surface area contributed by atoms with Gasteiger partial charge in [-0.15, -0.1) is 0 Å². The Hall–Kier alpha value is -2.66. The lowest BCUT2D eigenvalue weighted by Crippen LogP contribution is -2.33. The highest BCUT2D eigenvalue weighted by Crippen LogP contribution is 2.28. The number of H-pyrrole nitrogens is 1. The normalized spacial score (nSPS) is 17.0. The summed E-state index contributed by atoms with van der Waals surface area (Å²) >= 11 is 1.82. The summed E-state index contributed by atoms with van der Waals surface area (Å²) < 4.78 is 28.0. The zero-order valence-electron chi connectivity index (χ0n) is 16.8. The van der Waals surface area contributed by atoms with Crippen molar-refractivity contribution in [3.05, 3.63) is 41.7 Å². The monoisotopic (exact) mass is 464 g/mol. The Morgan fingerprint density at radius 1 is 1.06 bits per heavy atom. The average Bonchev–Trinajstić information content (AvgIpc) is 3.46. The smallest absolute Gasteiger partial charge is 0.337 e. The van der Waals surface area contributed by atoms with Gasteiger partial charge in [0, 0.05) is 49.6 Å². The number of likely N-dealkylation sites (tertiary alicyclic amines) is 1. The SMILES string of the molecule is O=C(O)c1cc(NS(=O)(=O)c2c[nH]c(C(=O)N3CCCC3)c2)ccc1N1CCSCC1. The Kier molecular flexibility index (Phi) is 6.15. The summed E-state index contributed by atoms with van der Waals surface area (Å²) in [7, 11) is -3.99. The molecule has 4 rings (SSSR count). The molecule has 2 saturated heterocycles. The van der Waals surface area contributed by atoms with E-state index in [0.717, 1.165) is 37.4 Å². The van der Waals surface area contributed by atoms with Crippen molar-refractivity contribution < 1.29 is 23.1 Å². The Bertz CT molecular complexity index is 1090. The van der Waals surface area contributed by atoms with Gasteiger partial charge in [0.1, 0.15) is 10.6 Å². The number of carboxylic acid groups (broad SMARTS) is 1. The zero-order chi connectivity index (χ0) is 22.0. The van der Waals surface area contributed by atoms with E-state index < -0.39 is 16.0 Å². The standard InChI is InChI=1S/C20H24N4O5S2/c25-19(24-5-1-2-6-24)17-12-15(13-21-17)31(28,29)22-14-3-4-18(16(11-14)20(26)27)23-7-9-30-10-8-23/h3-4,11-13,21-22H,1-2,5-10H2,(H,26,27). The van der Waals surface area contributed by atoms with Crippen LogP contribution in [0.5, 0.6) is 0 Å². The Labute approximate surface area is 184 Å². The van der Waals surface area contributed by atoms with E-state index >= 15 is 0 Å². The lowest BCUT2D eigenvalue weighted by atomic mass is 10.1. The zero-order valence-corrected chi connectivity index (χ0v) is 18.5. The first-order valence-corrected chi connectivity index (χ1v) is 12.7. The third-order valence-electron chi connectivity index (χ3n) is 5.42. The maximum absolute atomic E-state index is 12.8. The second kappa shape index (κ2) is 8.83. The van der Waals surface area contributed by atoms with Crippen LogP contribution < -0.4 is 9.62 Å². The number of nitrogens with one attached hydrogen (secondary N) is 2. The summed E-state index contributed by atoms with van der Waals surface area (Å²) in [5.41, 5.74) is 0.995. The number of thioether (sulfide) groups is 1. The highest BCUT2D eigenvalue weighted by atomic mass is 32.2. The van der Waals surface area contributed by atoms with Crippen molar-refractivity contribution in [3.63, 3.8) is 0 Å². The number of anilines is 2. The summed E-state index contributed by atoms with van der Waals surface area (Å²) in [6.45, 7) is 2.82. The minimum Gasteiger partial charge on any atom is -0.478 e. The van der Waals surface area contributed by atoms with Gasteiger partial charge >= 0.3 is 5.97 Å². The second-order valence-corrected chi connectivity index (χ2v) is 10.4. The van der Waals surface area contributed by atoms with Crippen molar-refractivity contribution in [2.75, 3.05) is 47.3 Å². The van der Waals surface area contributed by atoms with Crippen molar-refractivity contribution in [2.45, 2.75) is 17.7 Å². The van der Waals surface area contributed by atoms with E-state index in [0.29, 0.717) is 18.8 Å². The fourth-order valence-electron chi connectivity index (χ4n) is 3.81. The van der Waals surface area contributed by atoms with Gasteiger partial charge in [-0.25, -0.2) is 13.2 Å². The molecule has 1 amide bonds. The molecule has 2 aliphatic heterocycles. The fraction of sp³-hybridized carbons (Fsp3) is 0.400. The van der Waals surface area contributed by atoms with Gasteiger partial charge in [-0.1, -0.05) is 0 Å². The first-order valence-electron chi connectivity index (χ1n) is 10.1. The summed E-state index contributed by atoms with van der Waals surface area (Å²) in [5, 5.41) is 9.65. The molecule has 0 unspecified atom stereocenters. The minimum atomic E-state index is -3.99. The van der Waals surface area contributed by atoms with E-state index in [1.165, 1.54) is 18.3 Å². The van der Waals surface area contributed by atoms with Gasteiger partial charge in [-0.3, -0.25) is 9.52 Å². The summed E-state index contributed by atoms with van der Waals surface area (Å²) in [4.78, 5) is 30.6. The summed E-state index contributed by atoms with van der Waals surface area (Å²) in [6.07, 6.45) is 3.15. The number of carboxylic acids is 1. The van der Waals surface area contributed by atoms with Crippen LogP contribution in [0.2, 0.25) is 0 Å². The Balaban J connectivity index is 1.54. The molecule has 0 atom stereocenters. The lowest BCUT2D eigenvalue weighted by Gasteiger charge is -2.29. The number of hydrogen-bond donors (Lipinski definition) is 3. The number of carbonyl (C=O) groups excluding carboxylic acids is 1. The molecule has 0 aliphatic carbocycles. The van der Waals surface area contributed by atoms with Crippen molar-refractivity contribution in [3.8, 4) is 0 Å². The first-order chi connectivity index (χ1) is 14.8. The molecule has 3 N–H and O–H groups in total. The second-order valence-electron chi connectivity index (χ2n) is 7.49. The van der Waals surface area contributed by atoms with Crippen molar-refractivity contribution in [1.82, 2.24) is 9.88 Å². The molecular weight excluding hydrogens is 440 g/mol. The molecule has 0 saturated carbocycles. The van der Waals surface area contributed by atoms with Crippen LogP contribution in [0.1, 0.15) is 33.7 Å². The maximum atomic E-state index is 12.8. The van der Waals surface area contributed by atoms with Gasteiger partial charge in [0.15, 0.2) is 0 Å². The molecule has 1 aromatic heterocycles. The average molecular weight is 465 g/mol. The van der Waals surface area contributed by atoms with Gasteiger partial charge in [0.25, 0.3) is 15.9 Å². The number of aromatic carboxylic acids is 1. The summed E-state index contributed by atoms with van der Waals surface area (Å²) in [5.74, 6) is 0.490. The van der Waals surface area contributed by atoms with Crippen LogP contribution in [0.4, 0.5) is 11.4 Å². The molecule has 11 heteroatoms. The fourth-order valence-corrected chi connectivity index (χ4v) is 5.75. The number of rotatable bonds is 6. The third-order valence-corrected chi connectivity index (χ3v) is 7.72. The number of carbonyl (C=O) groups is 2. The highest BCUT2D eigenvalue weighted by Gasteiger charge is 2.25. The predicted octanol–water partition coefficient (Wildman–Crippen LogP) is 2.30. The van der Waals surface area contributed by atoms with Crippen molar-refractivity contribution >= 4 is 45.0 Å². The third kappa shape index (κ3) is 4.67. The van der Waals surface area contributed by atoms with E-state index in [9.17, 15) is 23.1 Å². The molecule has 0 spiro atoms. The molecule has 0 bridgehead atoms. The minimum absolute atomic E-state index is 0.0473. The lowest BCUT2D eigenvalue weighted by molar-refractivity contribution is 0.0696. The van der Waals surface area contributed by atoms with Gasteiger partial charge in [0.2, 0.25) is 0 Å². The molecule has 1 aromatic carbocycles. The molecule has 0 radical (unpaired) electrons. The first kappa shape index (κ1) is 21.6. The highest BCUT2D eigenvalue weighted by molar-refractivity contribution is 7.99. The van der Waals surface area contributed by atoms with Crippen LogP contribution in [0.15, 0.2) is 35.4 Å². The van der Waals surface area contributed by atoms with E-state index in [2.05, 4.69) is 9.71 Å². The van der Waals surface area contributed by atoms with Crippen LogP contribution in [-0.4, -0.2) is 73.0 Å². The van der Waals surface area contributed by atoms with Crippen LogP contribution in [-0.2, 0) is 10.0 Å². The number of hydrogen-bond acceptors (Lipinski definition) is 6. The number of nitrogens with zero attached hydrogens (tertiary/aromatic N) is 2. The van der Waals surface area contributed by atoms with Crippen LogP contribution in [0, 0.1) is 0 Å². The van der Waals surface area contributed by atoms with Gasteiger partial charge in [-0.2, -0.15) is 11.8 Å². The topological polar surface area (TPSA) is 123 Å². The van der Waals surface area contributed by atoms with Crippen LogP contribution in [0.3, 0.4) is 0 Å². The molecule has 2 aromatic rings. The molecule has 166 valence electrons. The molecule has 31 heavy (non-hydrogen) atoms.